The largest absolute Gasteiger partial charge is 0.337 e. The molecule has 2 N–H and O–H groups in total. The molecule has 0 aliphatic heterocycles. The summed E-state index contributed by atoms with van der Waals surface area (Å²) in [7, 11) is -3.06. The van der Waals surface area contributed by atoms with Crippen LogP contribution in [0.15, 0.2) is 27.2 Å². The zero-order chi connectivity index (χ0) is 15.6. The van der Waals surface area contributed by atoms with Crippen molar-refractivity contribution in [3.63, 3.8) is 0 Å². The van der Waals surface area contributed by atoms with Crippen molar-refractivity contribution in [2.75, 3.05) is 12.0 Å². The molecule has 1 atom stereocenters. The molecule has 0 aliphatic carbocycles. The van der Waals surface area contributed by atoms with Crippen LogP contribution in [0.1, 0.15) is 23.9 Å². The Morgan fingerprint density at radius 1 is 1.43 bits per heavy atom. The highest BCUT2D eigenvalue weighted by Gasteiger charge is 2.18. The van der Waals surface area contributed by atoms with E-state index in [0.717, 1.165) is 15.6 Å². The van der Waals surface area contributed by atoms with Gasteiger partial charge in [-0.2, -0.15) is 4.98 Å². The van der Waals surface area contributed by atoms with Crippen LogP contribution in [0.25, 0.3) is 11.4 Å². The van der Waals surface area contributed by atoms with Crippen molar-refractivity contribution in [1.82, 2.24) is 10.1 Å². The number of hydrogen-bond acceptors (Lipinski definition) is 6. The number of aryl methyl sites for hydroxylation is 1. The number of halogens is 1. The lowest BCUT2D eigenvalue weighted by Gasteiger charge is -2.04. The van der Waals surface area contributed by atoms with Crippen molar-refractivity contribution in [1.29, 1.82) is 0 Å². The Hall–Kier alpha value is -1.25. The van der Waals surface area contributed by atoms with Crippen molar-refractivity contribution in [2.24, 2.45) is 5.73 Å². The van der Waals surface area contributed by atoms with Crippen molar-refractivity contribution >= 4 is 25.8 Å². The van der Waals surface area contributed by atoms with E-state index in [1.54, 1.807) is 0 Å². The summed E-state index contributed by atoms with van der Waals surface area (Å²) in [5, 5.41) is 3.91. The highest BCUT2D eigenvalue weighted by atomic mass is 79.9. The number of nitrogens with zero attached hydrogens (tertiary/aromatic N) is 2. The van der Waals surface area contributed by atoms with Crippen LogP contribution in [0.4, 0.5) is 0 Å². The molecule has 1 heterocycles. The van der Waals surface area contributed by atoms with E-state index in [9.17, 15) is 8.42 Å². The Kier molecular flexibility index (Phi) is 4.80. The summed E-state index contributed by atoms with van der Waals surface area (Å²) in [6.07, 6.45) is 1.42. The summed E-state index contributed by atoms with van der Waals surface area (Å²) >= 11 is 3.40. The zero-order valence-electron chi connectivity index (χ0n) is 11.7. The summed E-state index contributed by atoms with van der Waals surface area (Å²) < 4.78 is 28.4. The summed E-state index contributed by atoms with van der Waals surface area (Å²) in [6.45, 7) is 1.94. The van der Waals surface area contributed by atoms with Crippen LogP contribution >= 0.6 is 15.9 Å². The van der Waals surface area contributed by atoms with E-state index in [4.69, 9.17) is 10.3 Å². The Labute approximate surface area is 131 Å². The van der Waals surface area contributed by atoms with Gasteiger partial charge in [0.05, 0.1) is 11.8 Å². The van der Waals surface area contributed by atoms with Crippen LogP contribution in [0.3, 0.4) is 0 Å². The van der Waals surface area contributed by atoms with Gasteiger partial charge in [0, 0.05) is 16.3 Å². The molecular formula is C13H16BrN3O3S. The molecule has 0 amide bonds. The topological polar surface area (TPSA) is 99.1 Å². The molecule has 1 unspecified atom stereocenters. The van der Waals surface area contributed by atoms with Gasteiger partial charge in [0.1, 0.15) is 9.84 Å². The fourth-order valence-corrected chi connectivity index (χ4v) is 3.00. The standard InChI is InChI=1S/C13H16BrN3O3S/c1-8-7-9(14)3-4-10(8)12-16-13(20-17-12)11(15)5-6-21(2,18)19/h3-4,7,11H,5-6,15H2,1-2H3. The van der Waals surface area contributed by atoms with E-state index in [1.807, 2.05) is 25.1 Å². The van der Waals surface area contributed by atoms with Crippen LogP contribution in [0.5, 0.6) is 0 Å². The molecule has 1 aromatic heterocycles. The highest BCUT2D eigenvalue weighted by molar-refractivity contribution is 9.10. The third-order valence-corrected chi connectivity index (χ3v) is 4.46. The molecule has 1 aromatic carbocycles. The molecule has 2 rings (SSSR count). The van der Waals surface area contributed by atoms with Gasteiger partial charge >= 0.3 is 0 Å². The molecule has 21 heavy (non-hydrogen) atoms. The summed E-state index contributed by atoms with van der Waals surface area (Å²) in [5.41, 5.74) is 7.74. The van der Waals surface area contributed by atoms with Crippen LogP contribution in [0, 0.1) is 6.92 Å². The maximum Gasteiger partial charge on any atom is 0.243 e. The lowest BCUT2D eigenvalue weighted by atomic mass is 10.1. The molecule has 0 radical (unpaired) electrons. The lowest BCUT2D eigenvalue weighted by molar-refractivity contribution is 0.352. The normalized spacial score (nSPS) is 13.3. The third kappa shape index (κ3) is 4.36. The van der Waals surface area contributed by atoms with Gasteiger partial charge in [0.25, 0.3) is 0 Å². The first kappa shape index (κ1) is 16.1. The first-order valence-corrected chi connectivity index (χ1v) is 9.15. The maximum atomic E-state index is 11.1. The molecule has 0 aliphatic rings. The second-order valence-corrected chi connectivity index (χ2v) is 8.12. The fraction of sp³-hybridized carbons (Fsp3) is 0.385. The Morgan fingerprint density at radius 2 is 2.14 bits per heavy atom. The molecule has 0 spiro atoms. The smallest absolute Gasteiger partial charge is 0.243 e. The van der Waals surface area contributed by atoms with Gasteiger partial charge in [-0.3, -0.25) is 0 Å². The van der Waals surface area contributed by atoms with Crippen molar-refractivity contribution in [3.05, 3.63) is 34.1 Å². The molecule has 2 aromatic rings. The Bertz CT molecular complexity index is 743. The summed E-state index contributed by atoms with van der Waals surface area (Å²) in [5.74, 6) is 0.684. The molecule has 0 saturated heterocycles. The van der Waals surface area contributed by atoms with E-state index in [1.165, 1.54) is 6.26 Å². The molecule has 8 heteroatoms. The molecule has 0 fully saturated rings. The average Bonchev–Trinajstić information content (AvgIpc) is 2.84. The van der Waals surface area contributed by atoms with Gasteiger partial charge in [0.2, 0.25) is 11.7 Å². The Morgan fingerprint density at radius 3 is 2.76 bits per heavy atom. The van der Waals surface area contributed by atoms with E-state index in [0.29, 0.717) is 5.82 Å². The van der Waals surface area contributed by atoms with Crippen molar-refractivity contribution in [2.45, 2.75) is 19.4 Å². The lowest BCUT2D eigenvalue weighted by Crippen LogP contribution is -2.16. The van der Waals surface area contributed by atoms with Crippen molar-refractivity contribution < 1.29 is 12.9 Å². The predicted molar refractivity (Wildman–Crippen MR) is 83.4 cm³/mol. The monoisotopic (exact) mass is 373 g/mol. The van der Waals surface area contributed by atoms with E-state index >= 15 is 0 Å². The maximum absolute atomic E-state index is 11.1. The van der Waals surface area contributed by atoms with E-state index in [2.05, 4.69) is 26.1 Å². The predicted octanol–water partition coefficient (Wildman–Crippen LogP) is 2.24. The summed E-state index contributed by atoms with van der Waals surface area (Å²) in [6, 6.07) is 5.14. The molecule has 6 nitrogen and oxygen atoms in total. The van der Waals surface area contributed by atoms with Gasteiger partial charge in [-0.05, 0) is 37.1 Å². The van der Waals surface area contributed by atoms with Gasteiger partial charge in [0.15, 0.2) is 0 Å². The number of rotatable bonds is 5. The SMILES string of the molecule is Cc1cc(Br)ccc1-c1noc(C(N)CCS(C)(=O)=O)n1. The minimum absolute atomic E-state index is 0.0107. The van der Waals surface area contributed by atoms with E-state index < -0.39 is 15.9 Å². The number of nitrogens with two attached hydrogens (primary N) is 1. The first-order valence-electron chi connectivity index (χ1n) is 6.30. The molecule has 0 bridgehead atoms. The van der Waals surface area contributed by atoms with Crippen LogP contribution in [-0.4, -0.2) is 30.6 Å². The van der Waals surface area contributed by atoms with Gasteiger partial charge in [-0.1, -0.05) is 21.1 Å². The van der Waals surface area contributed by atoms with Gasteiger partial charge < -0.3 is 10.3 Å². The number of sulfone groups is 1. The van der Waals surface area contributed by atoms with Gasteiger partial charge in [-0.25, -0.2) is 8.42 Å². The second kappa shape index (κ2) is 6.25. The first-order chi connectivity index (χ1) is 9.76. The number of aromatic nitrogens is 2. The average molecular weight is 374 g/mol. The summed E-state index contributed by atoms with van der Waals surface area (Å²) in [4.78, 5) is 4.26. The number of hydrogen-bond donors (Lipinski definition) is 1. The fourth-order valence-electron chi connectivity index (χ4n) is 1.84. The van der Waals surface area contributed by atoms with Gasteiger partial charge in [-0.15, -0.1) is 0 Å². The third-order valence-electron chi connectivity index (χ3n) is 2.99. The quantitative estimate of drug-likeness (QED) is 0.862. The number of benzene rings is 1. The zero-order valence-corrected chi connectivity index (χ0v) is 14.1. The van der Waals surface area contributed by atoms with E-state index in [-0.39, 0.29) is 18.1 Å². The second-order valence-electron chi connectivity index (χ2n) is 4.94. The molecular weight excluding hydrogens is 358 g/mol. The minimum Gasteiger partial charge on any atom is -0.337 e. The van der Waals surface area contributed by atoms with Crippen LogP contribution < -0.4 is 5.73 Å². The Balaban J connectivity index is 2.17. The highest BCUT2D eigenvalue weighted by Crippen LogP contribution is 2.25. The van der Waals surface area contributed by atoms with Crippen LogP contribution in [-0.2, 0) is 9.84 Å². The van der Waals surface area contributed by atoms with Crippen molar-refractivity contribution in [3.8, 4) is 11.4 Å². The van der Waals surface area contributed by atoms with Crippen LogP contribution in [0.2, 0.25) is 0 Å². The molecule has 0 saturated carbocycles. The minimum atomic E-state index is -3.06. The molecule has 114 valence electrons.